The number of ether oxygens (including phenoxy) is 1. The first kappa shape index (κ1) is 18.4. The van der Waals surface area contributed by atoms with Crippen molar-refractivity contribution in [3.8, 4) is 0 Å². The van der Waals surface area contributed by atoms with Crippen LogP contribution in [0.1, 0.15) is 36.5 Å². The lowest BCUT2D eigenvalue weighted by Gasteiger charge is -2.33. The summed E-state index contributed by atoms with van der Waals surface area (Å²) in [5.74, 6) is -1.86. The molecule has 0 spiro atoms. The van der Waals surface area contributed by atoms with E-state index in [9.17, 15) is 19.2 Å². The molecule has 1 atom stereocenters. The molecule has 1 saturated heterocycles. The third-order valence-electron chi connectivity index (χ3n) is 3.92. The molecule has 0 saturated carbocycles. The molecule has 0 radical (unpaired) electrons. The van der Waals surface area contributed by atoms with Crippen LogP contribution >= 0.6 is 0 Å². The molecule has 3 N–H and O–H groups in total. The second-order valence-electron chi connectivity index (χ2n) is 5.84. The second-order valence-corrected chi connectivity index (χ2v) is 5.84. The average molecular weight is 347 g/mol. The Morgan fingerprint density at radius 3 is 2.48 bits per heavy atom. The molecule has 2 rings (SSSR count). The Labute approximate surface area is 145 Å². The van der Waals surface area contributed by atoms with Gasteiger partial charge in [0.15, 0.2) is 6.61 Å². The maximum Gasteiger partial charge on any atom is 0.338 e. The number of anilines is 1. The number of hydrogen-bond acceptors (Lipinski definition) is 5. The van der Waals surface area contributed by atoms with Crippen LogP contribution in [0, 0.1) is 0 Å². The summed E-state index contributed by atoms with van der Waals surface area (Å²) < 4.78 is 5.02. The minimum Gasteiger partial charge on any atom is -0.452 e. The molecule has 0 aromatic heterocycles. The zero-order chi connectivity index (χ0) is 18.4. The summed E-state index contributed by atoms with van der Waals surface area (Å²) in [7, 11) is 0. The zero-order valence-electron chi connectivity index (χ0n) is 14.0. The number of amides is 3. The molecule has 1 aliphatic rings. The fourth-order valence-electron chi connectivity index (χ4n) is 2.71. The first-order valence-corrected chi connectivity index (χ1v) is 8.02. The number of carbonyl (C=O) groups excluding carboxylic acids is 4. The number of likely N-dealkylation sites (tertiary alicyclic amines) is 1. The highest BCUT2D eigenvalue weighted by Crippen LogP contribution is 2.17. The minimum atomic E-state index is -0.657. The van der Waals surface area contributed by atoms with E-state index >= 15 is 0 Å². The smallest absolute Gasteiger partial charge is 0.338 e. The molecule has 1 aromatic carbocycles. The van der Waals surface area contributed by atoms with Crippen LogP contribution in [0.15, 0.2) is 24.3 Å². The number of nitrogens with two attached hydrogens (primary N) is 1. The van der Waals surface area contributed by atoms with E-state index < -0.39 is 30.4 Å². The van der Waals surface area contributed by atoms with Crippen LogP contribution in [0.3, 0.4) is 0 Å². The highest BCUT2D eigenvalue weighted by molar-refractivity contribution is 5.94. The Hall–Kier alpha value is -2.90. The van der Waals surface area contributed by atoms with Gasteiger partial charge in [0.05, 0.1) is 5.56 Å². The van der Waals surface area contributed by atoms with Gasteiger partial charge in [-0.3, -0.25) is 14.4 Å². The number of esters is 1. The van der Waals surface area contributed by atoms with Crippen LogP contribution in [0.4, 0.5) is 5.69 Å². The Bertz CT molecular complexity index is 671. The predicted octanol–water partition coefficient (Wildman–Crippen LogP) is 0.668. The molecule has 1 aromatic rings. The number of carbonyl (C=O) groups is 4. The number of nitrogens with zero attached hydrogens (tertiary/aromatic N) is 1. The summed E-state index contributed by atoms with van der Waals surface area (Å²) in [6, 6.07) is 5.47. The number of hydrogen-bond donors (Lipinski definition) is 2. The van der Waals surface area contributed by atoms with Crippen molar-refractivity contribution in [3.63, 3.8) is 0 Å². The largest absolute Gasteiger partial charge is 0.452 e. The molecule has 134 valence electrons. The fraction of sp³-hybridized carbons (Fsp3) is 0.412. The molecule has 0 bridgehead atoms. The maximum absolute atomic E-state index is 12.2. The summed E-state index contributed by atoms with van der Waals surface area (Å²) in [4.78, 5) is 48.0. The van der Waals surface area contributed by atoms with Crippen molar-refractivity contribution in [2.24, 2.45) is 5.73 Å². The average Bonchev–Trinajstić information content (AvgIpc) is 2.59. The number of nitrogens with one attached hydrogen (secondary N) is 1. The SMILES string of the molecule is CC(=O)Nc1ccc(C(=O)OCC(=O)N2CCCC[C@H]2C(N)=O)cc1. The van der Waals surface area contributed by atoms with E-state index in [0.29, 0.717) is 18.7 Å². The Morgan fingerprint density at radius 2 is 1.88 bits per heavy atom. The number of benzene rings is 1. The lowest BCUT2D eigenvalue weighted by molar-refractivity contribution is -0.143. The van der Waals surface area contributed by atoms with Crippen molar-refractivity contribution in [2.75, 3.05) is 18.5 Å². The monoisotopic (exact) mass is 347 g/mol. The van der Waals surface area contributed by atoms with Crippen LogP contribution in [0.2, 0.25) is 0 Å². The van der Waals surface area contributed by atoms with E-state index in [1.807, 2.05) is 0 Å². The van der Waals surface area contributed by atoms with E-state index in [0.717, 1.165) is 12.8 Å². The lowest BCUT2D eigenvalue weighted by atomic mass is 10.0. The van der Waals surface area contributed by atoms with Gasteiger partial charge in [0.2, 0.25) is 11.8 Å². The van der Waals surface area contributed by atoms with Crippen LogP contribution in [-0.2, 0) is 19.1 Å². The highest BCUT2D eigenvalue weighted by atomic mass is 16.5. The van der Waals surface area contributed by atoms with Crippen molar-refractivity contribution in [2.45, 2.75) is 32.2 Å². The fourth-order valence-corrected chi connectivity index (χ4v) is 2.71. The summed E-state index contributed by atoms with van der Waals surface area (Å²) in [5.41, 5.74) is 6.13. The van der Waals surface area contributed by atoms with Crippen molar-refractivity contribution >= 4 is 29.4 Å². The van der Waals surface area contributed by atoms with Crippen LogP contribution < -0.4 is 11.1 Å². The quantitative estimate of drug-likeness (QED) is 0.759. The van der Waals surface area contributed by atoms with E-state index in [1.54, 1.807) is 12.1 Å². The Kier molecular flexibility index (Phi) is 6.10. The molecule has 1 aliphatic heterocycles. The molecule has 8 heteroatoms. The van der Waals surface area contributed by atoms with E-state index in [1.165, 1.54) is 24.0 Å². The van der Waals surface area contributed by atoms with Crippen molar-refractivity contribution in [1.82, 2.24) is 4.90 Å². The van der Waals surface area contributed by atoms with Crippen molar-refractivity contribution < 1.29 is 23.9 Å². The molecule has 1 heterocycles. The van der Waals surface area contributed by atoms with Gasteiger partial charge in [0, 0.05) is 19.2 Å². The minimum absolute atomic E-state index is 0.216. The van der Waals surface area contributed by atoms with Crippen LogP contribution in [0.25, 0.3) is 0 Å². The van der Waals surface area contributed by atoms with Gasteiger partial charge in [-0.2, -0.15) is 0 Å². The third kappa shape index (κ3) is 5.03. The van der Waals surface area contributed by atoms with Gasteiger partial charge in [-0.15, -0.1) is 0 Å². The highest BCUT2D eigenvalue weighted by Gasteiger charge is 2.31. The standard InChI is InChI=1S/C17H21N3O5/c1-11(21)19-13-7-5-12(6-8-13)17(24)25-10-15(22)20-9-3-2-4-14(20)16(18)23/h5-8,14H,2-4,9-10H2,1H3,(H2,18,23)(H,19,21)/t14-/m0/s1. The van der Waals surface area contributed by atoms with E-state index in [-0.39, 0.29) is 11.5 Å². The van der Waals surface area contributed by atoms with E-state index in [2.05, 4.69) is 5.32 Å². The Balaban J connectivity index is 1.91. The normalized spacial score (nSPS) is 16.8. The van der Waals surface area contributed by atoms with Gasteiger partial charge < -0.3 is 20.7 Å². The first-order chi connectivity index (χ1) is 11.9. The molecule has 0 unspecified atom stereocenters. The number of piperidine rings is 1. The van der Waals surface area contributed by atoms with Crippen LogP contribution in [-0.4, -0.2) is 47.8 Å². The molecule has 8 nitrogen and oxygen atoms in total. The molecule has 25 heavy (non-hydrogen) atoms. The van der Waals surface area contributed by atoms with Crippen molar-refractivity contribution in [3.05, 3.63) is 29.8 Å². The first-order valence-electron chi connectivity index (χ1n) is 8.02. The van der Waals surface area contributed by atoms with Gasteiger partial charge >= 0.3 is 5.97 Å². The summed E-state index contributed by atoms with van der Waals surface area (Å²) in [5, 5.41) is 2.58. The summed E-state index contributed by atoms with van der Waals surface area (Å²) in [6.45, 7) is 1.36. The maximum atomic E-state index is 12.2. The summed E-state index contributed by atoms with van der Waals surface area (Å²) in [6.07, 6.45) is 2.14. The molecule has 1 fully saturated rings. The topological polar surface area (TPSA) is 119 Å². The van der Waals surface area contributed by atoms with Gasteiger partial charge in [-0.1, -0.05) is 0 Å². The molecular formula is C17H21N3O5. The lowest BCUT2D eigenvalue weighted by Crippen LogP contribution is -2.51. The summed E-state index contributed by atoms with van der Waals surface area (Å²) >= 11 is 0. The number of rotatable bonds is 5. The second kappa shape index (κ2) is 8.27. The van der Waals surface area contributed by atoms with Gasteiger partial charge in [-0.05, 0) is 43.5 Å². The molecule has 3 amide bonds. The predicted molar refractivity (Wildman–Crippen MR) is 89.6 cm³/mol. The molecule has 0 aliphatic carbocycles. The van der Waals surface area contributed by atoms with Gasteiger partial charge in [0.25, 0.3) is 5.91 Å². The van der Waals surface area contributed by atoms with Crippen molar-refractivity contribution in [1.29, 1.82) is 0 Å². The van der Waals surface area contributed by atoms with Gasteiger partial charge in [0.1, 0.15) is 6.04 Å². The van der Waals surface area contributed by atoms with Gasteiger partial charge in [-0.25, -0.2) is 4.79 Å². The molecular weight excluding hydrogens is 326 g/mol. The third-order valence-corrected chi connectivity index (χ3v) is 3.92. The van der Waals surface area contributed by atoms with Crippen LogP contribution in [0.5, 0.6) is 0 Å². The van der Waals surface area contributed by atoms with E-state index in [4.69, 9.17) is 10.5 Å². The Morgan fingerprint density at radius 1 is 1.20 bits per heavy atom. The zero-order valence-corrected chi connectivity index (χ0v) is 14.0. The number of primary amides is 1.